The first kappa shape index (κ1) is 19.1. The molecule has 0 saturated carbocycles. The zero-order chi connectivity index (χ0) is 20.8. The maximum absolute atomic E-state index is 8.96. The molecule has 0 amide bonds. The van der Waals surface area contributed by atoms with Crippen molar-refractivity contribution < 1.29 is 0 Å². The highest BCUT2D eigenvalue weighted by molar-refractivity contribution is 5.77. The van der Waals surface area contributed by atoms with Gasteiger partial charge in [-0.1, -0.05) is 24.3 Å². The molecule has 6 nitrogen and oxygen atoms in total. The largest absolute Gasteiger partial charge is 0.384 e. The summed E-state index contributed by atoms with van der Waals surface area (Å²) in [7, 11) is 0. The second-order valence-electron chi connectivity index (χ2n) is 6.79. The van der Waals surface area contributed by atoms with E-state index in [1.807, 2.05) is 54.6 Å². The maximum Gasteiger partial charge on any atom is 0.140 e. The Morgan fingerprint density at radius 3 is 2.47 bits per heavy atom. The van der Waals surface area contributed by atoms with Gasteiger partial charge in [-0.05, 0) is 66.4 Å². The number of aromatic nitrogens is 3. The molecule has 0 aliphatic heterocycles. The van der Waals surface area contributed by atoms with Crippen LogP contribution in [0.15, 0.2) is 79.1 Å². The Morgan fingerprint density at radius 1 is 0.867 bits per heavy atom. The third-order valence-electron chi connectivity index (χ3n) is 4.74. The first-order valence-corrected chi connectivity index (χ1v) is 9.61. The van der Waals surface area contributed by atoms with Crippen LogP contribution in [0, 0.1) is 11.3 Å². The van der Waals surface area contributed by atoms with Gasteiger partial charge in [-0.3, -0.25) is 4.98 Å². The SMILES string of the molecule is N#Cc1ccc(CCc2cccnc2-c2cccnc2Nc2cccc(N)n2)cc1. The fourth-order valence-corrected chi connectivity index (χ4v) is 3.25. The number of hydrogen-bond acceptors (Lipinski definition) is 6. The molecule has 0 saturated heterocycles. The van der Waals surface area contributed by atoms with Crippen LogP contribution in [-0.4, -0.2) is 15.0 Å². The number of hydrogen-bond donors (Lipinski definition) is 2. The lowest BCUT2D eigenvalue weighted by Crippen LogP contribution is -2.02. The molecule has 146 valence electrons. The van der Waals surface area contributed by atoms with Crippen molar-refractivity contribution >= 4 is 17.5 Å². The van der Waals surface area contributed by atoms with Crippen molar-refractivity contribution in [3.8, 4) is 17.3 Å². The summed E-state index contributed by atoms with van der Waals surface area (Å²) in [6, 6.07) is 23.2. The van der Waals surface area contributed by atoms with E-state index >= 15 is 0 Å². The molecule has 0 bridgehead atoms. The molecule has 0 radical (unpaired) electrons. The smallest absolute Gasteiger partial charge is 0.140 e. The number of benzene rings is 1. The van der Waals surface area contributed by atoms with E-state index in [2.05, 4.69) is 32.4 Å². The normalized spacial score (nSPS) is 10.4. The van der Waals surface area contributed by atoms with Crippen molar-refractivity contribution in [1.29, 1.82) is 5.26 Å². The number of nitrogen functional groups attached to an aromatic ring is 1. The minimum atomic E-state index is 0.443. The fraction of sp³-hybridized carbons (Fsp3) is 0.0833. The first-order chi connectivity index (χ1) is 14.7. The quantitative estimate of drug-likeness (QED) is 0.500. The molecule has 0 unspecified atom stereocenters. The van der Waals surface area contributed by atoms with Gasteiger partial charge in [-0.15, -0.1) is 0 Å². The summed E-state index contributed by atoms with van der Waals surface area (Å²) >= 11 is 0. The Morgan fingerprint density at radius 2 is 1.67 bits per heavy atom. The minimum Gasteiger partial charge on any atom is -0.384 e. The summed E-state index contributed by atoms with van der Waals surface area (Å²) in [6.45, 7) is 0. The topological polar surface area (TPSA) is 101 Å². The van der Waals surface area contributed by atoms with Gasteiger partial charge in [0.1, 0.15) is 17.5 Å². The number of anilines is 3. The Balaban J connectivity index is 1.61. The molecule has 3 N–H and O–H groups in total. The molecule has 1 aromatic carbocycles. The number of nitrogens with zero attached hydrogens (tertiary/aromatic N) is 4. The highest BCUT2D eigenvalue weighted by Crippen LogP contribution is 2.29. The summed E-state index contributed by atoms with van der Waals surface area (Å²) in [5, 5.41) is 12.2. The highest BCUT2D eigenvalue weighted by Gasteiger charge is 2.13. The predicted octanol–water partition coefficient (Wildman–Crippen LogP) is 4.52. The molecule has 3 aromatic heterocycles. The van der Waals surface area contributed by atoms with Gasteiger partial charge in [0.05, 0.1) is 17.3 Å². The van der Waals surface area contributed by atoms with Gasteiger partial charge in [0, 0.05) is 18.0 Å². The minimum absolute atomic E-state index is 0.443. The molecule has 6 heteroatoms. The number of aryl methyl sites for hydroxylation is 2. The van der Waals surface area contributed by atoms with Crippen LogP contribution < -0.4 is 11.1 Å². The first-order valence-electron chi connectivity index (χ1n) is 9.61. The second kappa shape index (κ2) is 8.84. The van der Waals surface area contributed by atoms with Crippen molar-refractivity contribution in [1.82, 2.24) is 15.0 Å². The molecule has 4 rings (SSSR count). The van der Waals surface area contributed by atoms with E-state index in [1.54, 1.807) is 18.5 Å². The number of nitriles is 1. The Kier molecular flexibility index (Phi) is 5.63. The van der Waals surface area contributed by atoms with E-state index in [4.69, 9.17) is 11.0 Å². The van der Waals surface area contributed by atoms with Crippen molar-refractivity contribution in [2.24, 2.45) is 0 Å². The summed E-state index contributed by atoms with van der Waals surface area (Å²) < 4.78 is 0. The number of nitrogens with two attached hydrogens (primary N) is 1. The molecule has 0 atom stereocenters. The maximum atomic E-state index is 8.96. The summed E-state index contributed by atoms with van der Waals surface area (Å²) in [5.41, 5.74) is 10.5. The molecule has 30 heavy (non-hydrogen) atoms. The van der Waals surface area contributed by atoms with Gasteiger partial charge < -0.3 is 11.1 Å². The fourth-order valence-electron chi connectivity index (χ4n) is 3.25. The molecule has 4 aromatic rings. The molecule has 3 heterocycles. The van der Waals surface area contributed by atoms with Crippen LogP contribution in [0.3, 0.4) is 0 Å². The number of nitrogens with one attached hydrogen (secondary N) is 1. The highest BCUT2D eigenvalue weighted by atomic mass is 15.1. The van der Waals surface area contributed by atoms with Gasteiger partial charge in [0.2, 0.25) is 0 Å². The van der Waals surface area contributed by atoms with Gasteiger partial charge in [0.15, 0.2) is 0 Å². The Bertz CT molecular complexity index is 1190. The Labute approximate surface area is 175 Å². The Hall–Kier alpha value is -4.24. The van der Waals surface area contributed by atoms with Crippen molar-refractivity contribution in [3.05, 3.63) is 95.8 Å². The van der Waals surface area contributed by atoms with Gasteiger partial charge in [-0.25, -0.2) is 9.97 Å². The molecule has 0 aliphatic rings. The van der Waals surface area contributed by atoms with Gasteiger partial charge >= 0.3 is 0 Å². The number of rotatable bonds is 6. The van der Waals surface area contributed by atoms with E-state index in [1.165, 1.54) is 5.56 Å². The standard InChI is InChI=1S/C24H20N6/c25-16-18-10-8-17(9-11-18)12-13-19-4-2-14-27-23(19)20-5-3-15-28-24(20)30-22-7-1-6-21(26)29-22/h1-11,14-15H,12-13H2,(H3,26,28,29,30). The van der Waals surface area contributed by atoms with Crippen molar-refractivity contribution in [2.75, 3.05) is 11.1 Å². The summed E-state index contributed by atoms with van der Waals surface area (Å²) in [4.78, 5) is 13.4. The molecule has 0 spiro atoms. The molecular weight excluding hydrogens is 372 g/mol. The molecule has 0 fully saturated rings. The van der Waals surface area contributed by atoms with E-state index in [0.29, 0.717) is 23.0 Å². The zero-order valence-corrected chi connectivity index (χ0v) is 16.3. The predicted molar refractivity (Wildman–Crippen MR) is 118 cm³/mol. The third kappa shape index (κ3) is 4.42. The van der Waals surface area contributed by atoms with Gasteiger partial charge in [0.25, 0.3) is 0 Å². The summed E-state index contributed by atoms with van der Waals surface area (Å²) in [5.74, 6) is 1.75. The van der Waals surface area contributed by atoms with Crippen LogP contribution in [0.2, 0.25) is 0 Å². The lowest BCUT2D eigenvalue weighted by molar-refractivity contribution is 0.952. The van der Waals surface area contributed by atoms with Crippen LogP contribution in [-0.2, 0) is 12.8 Å². The van der Waals surface area contributed by atoms with E-state index in [9.17, 15) is 0 Å². The lowest BCUT2D eigenvalue weighted by Gasteiger charge is -2.13. The van der Waals surface area contributed by atoms with Crippen LogP contribution in [0.1, 0.15) is 16.7 Å². The number of pyridine rings is 3. The van der Waals surface area contributed by atoms with Crippen LogP contribution in [0.25, 0.3) is 11.3 Å². The lowest BCUT2D eigenvalue weighted by atomic mass is 9.99. The van der Waals surface area contributed by atoms with Crippen molar-refractivity contribution in [2.45, 2.75) is 12.8 Å². The van der Waals surface area contributed by atoms with Crippen molar-refractivity contribution in [3.63, 3.8) is 0 Å². The molecular formula is C24H20N6. The average Bonchev–Trinajstić information content (AvgIpc) is 2.79. The van der Waals surface area contributed by atoms with Gasteiger partial charge in [-0.2, -0.15) is 5.26 Å². The van der Waals surface area contributed by atoms with Crippen LogP contribution in [0.4, 0.5) is 17.5 Å². The van der Waals surface area contributed by atoms with E-state index < -0.39 is 0 Å². The third-order valence-corrected chi connectivity index (χ3v) is 4.74. The zero-order valence-electron chi connectivity index (χ0n) is 16.3. The second-order valence-corrected chi connectivity index (χ2v) is 6.79. The monoisotopic (exact) mass is 392 g/mol. The van der Waals surface area contributed by atoms with Crippen LogP contribution >= 0.6 is 0 Å². The van der Waals surface area contributed by atoms with E-state index in [-0.39, 0.29) is 0 Å². The summed E-state index contributed by atoms with van der Waals surface area (Å²) in [6.07, 6.45) is 5.19. The molecule has 0 aliphatic carbocycles. The van der Waals surface area contributed by atoms with E-state index in [0.717, 1.165) is 29.7 Å². The van der Waals surface area contributed by atoms with Crippen LogP contribution in [0.5, 0.6) is 0 Å². The average molecular weight is 392 g/mol.